The van der Waals surface area contributed by atoms with Gasteiger partial charge in [0.25, 0.3) is 11.5 Å². The molecule has 10 nitrogen and oxygen atoms in total. The molecule has 1 aromatic carbocycles. The number of carbonyl (C=O) groups is 1. The van der Waals surface area contributed by atoms with Crippen LogP contribution in [0.1, 0.15) is 23.0 Å². The van der Waals surface area contributed by atoms with Gasteiger partial charge in [-0.15, -0.1) is 0 Å². The van der Waals surface area contributed by atoms with Crippen LogP contribution in [0, 0.1) is 0 Å². The molecule has 0 radical (unpaired) electrons. The zero-order valence-corrected chi connectivity index (χ0v) is 15.1. The number of fused-ring (bicyclic) bond motifs is 1. The van der Waals surface area contributed by atoms with Crippen LogP contribution in [0.2, 0.25) is 5.02 Å². The van der Waals surface area contributed by atoms with Gasteiger partial charge in [0.05, 0.1) is 19.0 Å². The van der Waals surface area contributed by atoms with E-state index in [0.29, 0.717) is 10.6 Å². The maximum atomic E-state index is 12.4. The van der Waals surface area contributed by atoms with Crippen LogP contribution in [-0.2, 0) is 4.74 Å². The number of rotatable bonds is 4. The van der Waals surface area contributed by atoms with E-state index < -0.39 is 29.9 Å². The minimum atomic E-state index is -0.849. The molecule has 1 fully saturated rings. The molecule has 146 valence electrons. The normalized spacial score (nSPS) is 21.9. The maximum absolute atomic E-state index is 12.4. The summed E-state index contributed by atoms with van der Waals surface area (Å²) in [4.78, 5) is 35.4. The molecule has 1 amide bonds. The number of benzene rings is 1. The third-order valence-electron chi connectivity index (χ3n) is 4.47. The van der Waals surface area contributed by atoms with Gasteiger partial charge in [-0.25, -0.2) is 4.98 Å². The van der Waals surface area contributed by atoms with Gasteiger partial charge in [-0.3, -0.25) is 24.5 Å². The molecule has 3 aromatic rings. The lowest BCUT2D eigenvalue weighted by Gasteiger charge is -2.13. The van der Waals surface area contributed by atoms with Crippen molar-refractivity contribution < 1.29 is 19.7 Å². The van der Waals surface area contributed by atoms with E-state index in [1.807, 2.05) is 0 Å². The van der Waals surface area contributed by atoms with E-state index in [9.17, 15) is 19.8 Å². The Morgan fingerprint density at radius 3 is 2.82 bits per heavy atom. The number of ether oxygens (including phenoxy) is 1. The third kappa shape index (κ3) is 3.38. The fourth-order valence-corrected chi connectivity index (χ4v) is 3.15. The molecular formula is C17H16ClN5O5. The topological polar surface area (TPSA) is 142 Å². The highest BCUT2D eigenvalue weighted by Gasteiger charge is 2.35. The molecule has 0 bridgehead atoms. The zero-order chi connectivity index (χ0) is 19.8. The Hall–Kier alpha value is -2.79. The summed E-state index contributed by atoms with van der Waals surface area (Å²) in [6.45, 7) is -0.333. The molecule has 0 unspecified atom stereocenters. The minimum Gasteiger partial charge on any atom is -0.394 e. The lowest BCUT2D eigenvalue weighted by molar-refractivity contribution is -0.0432. The number of aliphatic hydroxyl groups is 2. The fourth-order valence-electron chi connectivity index (χ4n) is 3.03. The second kappa shape index (κ2) is 7.32. The van der Waals surface area contributed by atoms with Crippen molar-refractivity contribution in [2.24, 2.45) is 0 Å². The van der Waals surface area contributed by atoms with Crippen LogP contribution in [0.4, 0.5) is 5.95 Å². The number of hydrogen-bond acceptors (Lipinski definition) is 7. The van der Waals surface area contributed by atoms with Gasteiger partial charge in [-0.05, 0) is 24.3 Å². The SMILES string of the molecule is O=C(Nc1nc2c(ncn2[C@H]2C[C@H](O)[C@@H](CO)O2)c(=O)[nH]1)c1ccc(Cl)cc1. The van der Waals surface area contributed by atoms with Crippen LogP contribution < -0.4 is 10.9 Å². The van der Waals surface area contributed by atoms with Crippen molar-refractivity contribution in [1.29, 1.82) is 0 Å². The Labute approximate surface area is 162 Å². The molecule has 0 saturated carbocycles. The van der Waals surface area contributed by atoms with E-state index in [-0.39, 0.29) is 30.1 Å². The second-order valence-corrected chi connectivity index (χ2v) is 6.75. The zero-order valence-electron chi connectivity index (χ0n) is 14.4. The number of aromatic amines is 1. The molecule has 4 N–H and O–H groups in total. The first-order valence-corrected chi connectivity index (χ1v) is 8.82. The predicted octanol–water partition coefficient (Wildman–Crippen LogP) is 0.666. The number of nitrogens with one attached hydrogen (secondary N) is 2. The summed E-state index contributed by atoms with van der Waals surface area (Å²) in [7, 11) is 0. The Balaban J connectivity index is 1.65. The van der Waals surface area contributed by atoms with Crippen LogP contribution in [0.15, 0.2) is 35.4 Å². The van der Waals surface area contributed by atoms with Gasteiger partial charge in [0.15, 0.2) is 11.2 Å². The summed E-state index contributed by atoms with van der Waals surface area (Å²) in [5.74, 6) is -0.533. The van der Waals surface area contributed by atoms with Crippen LogP contribution >= 0.6 is 11.6 Å². The number of aliphatic hydroxyl groups excluding tert-OH is 2. The van der Waals surface area contributed by atoms with Crippen LogP contribution in [0.5, 0.6) is 0 Å². The van der Waals surface area contributed by atoms with E-state index in [1.54, 1.807) is 24.3 Å². The monoisotopic (exact) mass is 405 g/mol. The summed E-state index contributed by atoms with van der Waals surface area (Å²) in [6.07, 6.45) is -0.648. The third-order valence-corrected chi connectivity index (χ3v) is 4.72. The number of aromatic nitrogens is 4. The van der Waals surface area contributed by atoms with Gasteiger partial charge in [-0.1, -0.05) is 11.6 Å². The molecule has 2 aromatic heterocycles. The van der Waals surface area contributed by atoms with E-state index in [1.165, 1.54) is 10.9 Å². The smallest absolute Gasteiger partial charge is 0.280 e. The van der Waals surface area contributed by atoms with Crippen molar-refractivity contribution >= 4 is 34.6 Å². The average molecular weight is 406 g/mol. The predicted molar refractivity (Wildman–Crippen MR) is 99.2 cm³/mol. The van der Waals surface area contributed by atoms with E-state index in [4.69, 9.17) is 16.3 Å². The summed E-state index contributed by atoms with van der Waals surface area (Å²) in [5.41, 5.74) is 0.0575. The van der Waals surface area contributed by atoms with E-state index in [0.717, 1.165) is 0 Å². The van der Waals surface area contributed by atoms with E-state index >= 15 is 0 Å². The van der Waals surface area contributed by atoms with Gasteiger partial charge in [0, 0.05) is 17.0 Å². The lowest BCUT2D eigenvalue weighted by atomic mass is 10.2. The number of halogens is 1. The molecule has 0 spiro atoms. The Morgan fingerprint density at radius 1 is 1.39 bits per heavy atom. The van der Waals surface area contributed by atoms with Gasteiger partial charge < -0.3 is 14.9 Å². The van der Waals surface area contributed by atoms with Crippen LogP contribution in [0.25, 0.3) is 11.2 Å². The quantitative estimate of drug-likeness (QED) is 0.499. The van der Waals surface area contributed by atoms with Gasteiger partial charge >= 0.3 is 0 Å². The van der Waals surface area contributed by atoms with Gasteiger partial charge in [-0.2, -0.15) is 4.98 Å². The average Bonchev–Trinajstić information content (AvgIpc) is 3.25. The molecule has 3 heterocycles. The largest absolute Gasteiger partial charge is 0.394 e. The molecule has 3 atom stereocenters. The number of amides is 1. The van der Waals surface area contributed by atoms with Crippen LogP contribution in [0.3, 0.4) is 0 Å². The Morgan fingerprint density at radius 2 is 2.14 bits per heavy atom. The highest BCUT2D eigenvalue weighted by molar-refractivity contribution is 6.30. The van der Waals surface area contributed by atoms with Crippen molar-refractivity contribution in [3.63, 3.8) is 0 Å². The Kier molecular flexibility index (Phi) is 4.85. The highest BCUT2D eigenvalue weighted by Crippen LogP contribution is 2.30. The highest BCUT2D eigenvalue weighted by atomic mass is 35.5. The maximum Gasteiger partial charge on any atom is 0.280 e. The molecule has 1 saturated heterocycles. The van der Waals surface area contributed by atoms with Crippen molar-refractivity contribution in [3.8, 4) is 0 Å². The first kappa shape index (κ1) is 18.6. The Bertz CT molecular complexity index is 1080. The fraction of sp³-hybridized carbons (Fsp3) is 0.294. The van der Waals surface area contributed by atoms with Crippen molar-refractivity contribution in [2.75, 3.05) is 11.9 Å². The van der Waals surface area contributed by atoms with Crippen LogP contribution in [-0.4, -0.2) is 54.5 Å². The van der Waals surface area contributed by atoms with Crippen molar-refractivity contribution in [1.82, 2.24) is 19.5 Å². The molecule has 11 heteroatoms. The number of hydrogen-bond donors (Lipinski definition) is 4. The molecule has 4 rings (SSSR count). The summed E-state index contributed by atoms with van der Waals surface area (Å²) >= 11 is 5.81. The van der Waals surface area contributed by atoms with Gasteiger partial charge in [0.2, 0.25) is 5.95 Å². The first-order valence-electron chi connectivity index (χ1n) is 8.44. The standard InChI is InChI=1S/C17H16ClN5O5/c18-9-3-1-8(2-4-9)15(26)21-17-20-14-13(16(27)22-17)19-7-23(14)12-5-10(25)11(6-24)28-12/h1-4,7,10-12,24-25H,5-6H2,(H2,20,21,22,26,27)/t10-,11+,12+/m0/s1. The summed E-state index contributed by atoms with van der Waals surface area (Å²) in [5, 5.41) is 22.2. The number of nitrogens with zero attached hydrogens (tertiary/aromatic N) is 3. The number of carbonyl (C=O) groups excluding carboxylic acids is 1. The molecule has 1 aliphatic heterocycles. The summed E-state index contributed by atoms with van der Waals surface area (Å²) in [6, 6.07) is 6.24. The molecule has 0 aliphatic carbocycles. The first-order chi connectivity index (χ1) is 13.5. The van der Waals surface area contributed by atoms with Gasteiger partial charge in [0.1, 0.15) is 12.3 Å². The number of anilines is 1. The van der Waals surface area contributed by atoms with Crippen molar-refractivity contribution in [2.45, 2.75) is 24.9 Å². The van der Waals surface area contributed by atoms with Crippen molar-refractivity contribution in [3.05, 3.63) is 51.5 Å². The summed E-state index contributed by atoms with van der Waals surface area (Å²) < 4.78 is 7.08. The minimum absolute atomic E-state index is 0.0588. The number of imidazole rings is 1. The number of H-pyrrole nitrogens is 1. The molecule has 28 heavy (non-hydrogen) atoms. The lowest BCUT2D eigenvalue weighted by Crippen LogP contribution is -2.24. The molecular weight excluding hydrogens is 390 g/mol. The molecule has 1 aliphatic rings. The second-order valence-electron chi connectivity index (χ2n) is 6.31. The van der Waals surface area contributed by atoms with E-state index in [2.05, 4.69) is 20.3 Å².